The molecule has 0 bridgehead atoms. The van der Waals surface area contributed by atoms with E-state index in [1.54, 1.807) is 24.3 Å². The number of carbonyl (C=O) groups excluding carboxylic acids is 1. The molecule has 0 fully saturated rings. The first-order valence-corrected chi connectivity index (χ1v) is 6.93. The standard InChI is InChI=1S/C10H7BrN2O4S/c11-7-3-1-2-4-8(7)13-6-12-10(9(13)5-14)18(15,16)17/h1-6H,(H,15,16,17). The SMILES string of the molecule is O=Cc1c(S(=O)(=O)O)ncn1-c1ccccc1Br. The number of rotatable bonds is 3. The Hall–Kier alpha value is -1.51. The van der Waals surface area contributed by atoms with Crippen LogP contribution in [0.3, 0.4) is 0 Å². The molecule has 0 aliphatic rings. The van der Waals surface area contributed by atoms with Crippen molar-refractivity contribution in [2.24, 2.45) is 0 Å². The lowest BCUT2D eigenvalue weighted by atomic mass is 10.3. The van der Waals surface area contributed by atoms with Crippen LogP contribution in [0.5, 0.6) is 0 Å². The smallest absolute Gasteiger partial charge is 0.296 e. The summed E-state index contributed by atoms with van der Waals surface area (Å²) in [5.41, 5.74) is 0.311. The largest absolute Gasteiger partial charge is 0.314 e. The minimum Gasteiger partial charge on any atom is -0.296 e. The Morgan fingerprint density at radius 3 is 2.56 bits per heavy atom. The summed E-state index contributed by atoms with van der Waals surface area (Å²) < 4.78 is 33.0. The minimum absolute atomic E-state index is 0.232. The molecule has 1 heterocycles. The second-order valence-electron chi connectivity index (χ2n) is 3.35. The molecular weight excluding hydrogens is 324 g/mol. The number of benzene rings is 1. The Labute approximate surface area is 111 Å². The van der Waals surface area contributed by atoms with Gasteiger partial charge in [-0.3, -0.25) is 13.9 Å². The molecule has 2 aromatic rings. The summed E-state index contributed by atoms with van der Waals surface area (Å²) >= 11 is 3.28. The zero-order valence-corrected chi connectivity index (χ0v) is 11.2. The van der Waals surface area contributed by atoms with Crippen LogP contribution in [0, 0.1) is 0 Å². The van der Waals surface area contributed by atoms with E-state index in [4.69, 9.17) is 4.55 Å². The number of imidazole rings is 1. The van der Waals surface area contributed by atoms with Gasteiger partial charge in [0.2, 0.25) is 5.03 Å². The van der Waals surface area contributed by atoms with Gasteiger partial charge in [-0.05, 0) is 28.1 Å². The molecule has 8 heteroatoms. The summed E-state index contributed by atoms with van der Waals surface area (Å²) in [6.07, 6.45) is 1.49. The van der Waals surface area contributed by atoms with Gasteiger partial charge in [0, 0.05) is 4.47 Å². The van der Waals surface area contributed by atoms with Crippen LogP contribution in [-0.4, -0.2) is 28.8 Å². The maximum absolute atomic E-state index is 11.1. The Kier molecular flexibility index (Phi) is 3.33. The van der Waals surface area contributed by atoms with E-state index in [9.17, 15) is 13.2 Å². The molecule has 1 aromatic carbocycles. The highest BCUT2D eigenvalue weighted by atomic mass is 79.9. The summed E-state index contributed by atoms with van der Waals surface area (Å²) in [5.74, 6) is 0. The summed E-state index contributed by atoms with van der Waals surface area (Å²) in [5, 5.41) is -0.659. The predicted molar refractivity (Wildman–Crippen MR) is 66.5 cm³/mol. The lowest BCUT2D eigenvalue weighted by Crippen LogP contribution is -2.05. The van der Waals surface area contributed by atoms with Crippen LogP contribution in [0.1, 0.15) is 10.5 Å². The maximum Gasteiger partial charge on any atom is 0.314 e. The molecule has 0 aliphatic heterocycles. The molecule has 0 saturated heterocycles. The Morgan fingerprint density at radius 1 is 1.33 bits per heavy atom. The van der Waals surface area contributed by atoms with Gasteiger partial charge in [-0.25, -0.2) is 4.98 Å². The number of halogens is 1. The van der Waals surface area contributed by atoms with E-state index in [2.05, 4.69) is 20.9 Å². The minimum atomic E-state index is -4.52. The van der Waals surface area contributed by atoms with Gasteiger partial charge in [-0.1, -0.05) is 12.1 Å². The van der Waals surface area contributed by atoms with Crippen molar-refractivity contribution in [2.45, 2.75) is 5.03 Å². The van der Waals surface area contributed by atoms with Gasteiger partial charge in [-0.15, -0.1) is 0 Å². The molecule has 0 saturated carbocycles. The summed E-state index contributed by atoms with van der Waals surface area (Å²) in [7, 11) is -4.52. The van der Waals surface area contributed by atoms with Crippen LogP contribution in [0.15, 0.2) is 40.1 Å². The molecule has 2 rings (SSSR count). The van der Waals surface area contributed by atoms with Crippen molar-refractivity contribution in [3.63, 3.8) is 0 Å². The average Bonchev–Trinajstić information content (AvgIpc) is 2.72. The van der Waals surface area contributed by atoms with E-state index in [0.29, 0.717) is 16.4 Å². The van der Waals surface area contributed by atoms with E-state index in [0.717, 1.165) is 6.33 Å². The first-order chi connectivity index (χ1) is 8.45. The molecule has 6 nitrogen and oxygen atoms in total. The second kappa shape index (κ2) is 4.63. The molecule has 1 aromatic heterocycles. The lowest BCUT2D eigenvalue weighted by Gasteiger charge is -2.06. The third kappa shape index (κ3) is 2.22. The van der Waals surface area contributed by atoms with Crippen molar-refractivity contribution in [3.8, 4) is 5.69 Å². The zero-order chi connectivity index (χ0) is 13.3. The Bertz CT molecular complexity index is 708. The highest BCUT2D eigenvalue weighted by molar-refractivity contribution is 9.10. The highest BCUT2D eigenvalue weighted by Crippen LogP contribution is 2.23. The van der Waals surface area contributed by atoms with E-state index < -0.39 is 15.1 Å². The molecule has 0 radical (unpaired) electrons. The van der Waals surface area contributed by atoms with E-state index >= 15 is 0 Å². The molecule has 0 unspecified atom stereocenters. The van der Waals surface area contributed by atoms with Crippen LogP contribution in [-0.2, 0) is 10.1 Å². The van der Waals surface area contributed by atoms with Gasteiger partial charge in [0.15, 0.2) is 6.29 Å². The van der Waals surface area contributed by atoms with Crippen molar-refractivity contribution < 1.29 is 17.8 Å². The second-order valence-corrected chi connectivity index (χ2v) is 5.54. The van der Waals surface area contributed by atoms with Crippen molar-refractivity contribution in [3.05, 3.63) is 40.8 Å². The monoisotopic (exact) mass is 330 g/mol. The highest BCUT2D eigenvalue weighted by Gasteiger charge is 2.22. The third-order valence-electron chi connectivity index (χ3n) is 2.24. The number of nitrogens with zero attached hydrogens (tertiary/aromatic N) is 2. The molecule has 0 atom stereocenters. The Morgan fingerprint density at radius 2 is 2.00 bits per heavy atom. The quantitative estimate of drug-likeness (QED) is 0.683. The van der Waals surface area contributed by atoms with E-state index in [-0.39, 0.29) is 5.69 Å². The van der Waals surface area contributed by atoms with Crippen molar-refractivity contribution in [1.82, 2.24) is 9.55 Å². The first-order valence-electron chi connectivity index (χ1n) is 4.70. The van der Waals surface area contributed by atoms with Crippen molar-refractivity contribution in [2.75, 3.05) is 0 Å². The van der Waals surface area contributed by atoms with E-state index in [1.807, 2.05) is 0 Å². The van der Waals surface area contributed by atoms with E-state index in [1.165, 1.54) is 4.57 Å². The fourth-order valence-corrected chi connectivity index (χ4v) is 2.55. The van der Waals surface area contributed by atoms with Crippen LogP contribution < -0.4 is 0 Å². The third-order valence-corrected chi connectivity index (χ3v) is 3.71. The summed E-state index contributed by atoms with van der Waals surface area (Å²) in [4.78, 5) is 14.5. The number of para-hydroxylation sites is 1. The number of hydrogen-bond acceptors (Lipinski definition) is 4. The topological polar surface area (TPSA) is 89.3 Å². The summed E-state index contributed by atoms with van der Waals surface area (Å²) in [6, 6.07) is 6.90. The van der Waals surface area contributed by atoms with Crippen LogP contribution in [0.4, 0.5) is 0 Å². The number of aromatic nitrogens is 2. The Balaban J connectivity index is 2.72. The van der Waals surface area contributed by atoms with Gasteiger partial charge < -0.3 is 0 Å². The van der Waals surface area contributed by atoms with Crippen LogP contribution in [0.25, 0.3) is 5.69 Å². The molecule has 0 amide bonds. The zero-order valence-electron chi connectivity index (χ0n) is 8.82. The summed E-state index contributed by atoms with van der Waals surface area (Å²) in [6.45, 7) is 0. The maximum atomic E-state index is 11.1. The van der Waals surface area contributed by atoms with Crippen LogP contribution >= 0.6 is 15.9 Å². The predicted octanol–water partition coefficient (Wildman–Crippen LogP) is 1.69. The average molecular weight is 331 g/mol. The van der Waals surface area contributed by atoms with Gasteiger partial charge in [0.25, 0.3) is 0 Å². The first kappa shape index (κ1) is 12.9. The van der Waals surface area contributed by atoms with Crippen molar-refractivity contribution >= 4 is 32.3 Å². The molecule has 0 spiro atoms. The number of hydrogen-bond donors (Lipinski definition) is 1. The van der Waals surface area contributed by atoms with Crippen LogP contribution in [0.2, 0.25) is 0 Å². The molecule has 94 valence electrons. The van der Waals surface area contributed by atoms with Gasteiger partial charge in [-0.2, -0.15) is 8.42 Å². The molecule has 1 N–H and O–H groups in total. The lowest BCUT2D eigenvalue weighted by molar-refractivity contribution is 0.111. The fraction of sp³-hybridized carbons (Fsp3) is 0. The number of carbonyl (C=O) groups is 1. The van der Waals surface area contributed by atoms with Crippen molar-refractivity contribution in [1.29, 1.82) is 0 Å². The molecular formula is C10H7BrN2O4S. The molecule has 18 heavy (non-hydrogen) atoms. The number of aldehydes is 1. The fourth-order valence-electron chi connectivity index (χ4n) is 1.49. The molecule has 0 aliphatic carbocycles. The normalized spacial score (nSPS) is 11.4. The van der Waals surface area contributed by atoms with Gasteiger partial charge >= 0.3 is 10.1 Å². The van der Waals surface area contributed by atoms with Gasteiger partial charge in [0.05, 0.1) is 5.69 Å². The van der Waals surface area contributed by atoms with Gasteiger partial charge in [0.1, 0.15) is 12.0 Å².